The lowest BCUT2D eigenvalue weighted by Gasteiger charge is -2.08. The van der Waals surface area contributed by atoms with Crippen LogP contribution in [0.15, 0.2) is 65.4 Å². The molecule has 2 aromatic heterocycles. The Morgan fingerprint density at radius 2 is 1.62 bits per heavy atom. The lowest BCUT2D eigenvalue weighted by atomic mass is 10.1. The summed E-state index contributed by atoms with van der Waals surface area (Å²) in [6.07, 6.45) is 1.46. The van der Waals surface area contributed by atoms with Gasteiger partial charge in [-0.2, -0.15) is 14.6 Å². The van der Waals surface area contributed by atoms with Crippen molar-refractivity contribution in [3.63, 3.8) is 0 Å². The van der Waals surface area contributed by atoms with Gasteiger partial charge in [-0.3, -0.25) is 0 Å². The van der Waals surface area contributed by atoms with Gasteiger partial charge in [0.1, 0.15) is 12.1 Å². The largest absolute Gasteiger partial charge is 0.439 e. The molecular weight excluding hydrogens is 368 g/mol. The molecule has 2 aromatic carbocycles. The van der Waals surface area contributed by atoms with Crippen molar-refractivity contribution in [1.82, 2.24) is 19.6 Å². The fraction of sp³-hybridized carbons (Fsp3) is 0.0556. The van der Waals surface area contributed by atoms with Crippen LogP contribution < -0.4 is 4.74 Å². The van der Waals surface area contributed by atoms with Crippen LogP contribution in [-0.2, 0) is 0 Å². The van der Waals surface area contributed by atoms with Gasteiger partial charge in [0.2, 0.25) is 5.88 Å². The second kappa shape index (κ2) is 6.05. The minimum atomic E-state index is 0.525. The summed E-state index contributed by atoms with van der Waals surface area (Å²) in [5.74, 6) is 1.85. The Bertz CT molecular complexity index is 994. The van der Waals surface area contributed by atoms with Crippen LogP contribution in [-0.4, -0.2) is 19.6 Å². The van der Waals surface area contributed by atoms with Gasteiger partial charge in [0.05, 0.1) is 0 Å². The molecule has 0 N–H and O–H groups in total. The van der Waals surface area contributed by atoms with Crippen LogP contribution in [0.2, 0.25) is 0 Å². The standard InChI is InChI=1S/C18H13BrN4O/c1-12-10-17(23-18(22-12)20-11-21-23)24-16-8-4-14(5-9-16)13-2-6-15(19)7-3-13/h2-11H,1H3. The molecule has 118 valence electrons. The Balaban J connectivity index is 1.63. The number of benzene rings is 2. The number of aromatic nitrogens is 4. The molecule has 4 aromatic rings. The van der Waals surface area contributed by atoms with Gasteiger partial charge >= 0.3 is 0 Å². The number of fused-ring (bicyclic) bond motifs is 1. The first-order valence-corrected chi connectivity index (χ1v) is 8.19. The van der Waals surface area contributed by atoms with E-state index in [0.717, 1.165) is 27.0 Å². The maximum Gasteiger partial charge on any atom is 0.255 e. The zero-order valence-electron chi connectivity index (χ0n) is 12.8. The van der Waals surface area contributed by atoms with Crippen molar-refractivity contribution >= 4 is 21.7 Å². The molecule has 0 aliphatic heterocycles. The van der Waals surface area contributed by atoms with Gasteiger partial charge in [-0.05, 0) is 42.3 Å². The molecule has 5 nitrogen and oxygen atoms in total. The fourth-order valence-corrected chi connectivity index (χ4v) is 2.71. The Labute approximate surface area is 147 Å². The third-order valence-electron chi connectivity index (χ3n) is 3.60. The average molecular weight is 381 g/mol. The highest BCUT2D eigenvalue weighted by Crippen LogP contribution is 2.27. The Hall–Kier alpha value is -2.73. The number of ether oxygens (including phenoxy) is 1. The zero-order valence-corrected chi connectivity index (χ0v) is 14.4. The van der Waals surface area contributed by atoms with Crippen molar-refractivity contribution in [1.29, 1.82) is 0 Å². The molecule has 0 saturated carbocycles. The maximum absolute atomic E-state index is 5.95. The highest BCUT2D eigenvalue weighted by atomic mass is 79.9. The van der Waals surface area contributed by atoms with Crippen molar-refractivity contribution in [3.05, 3.63) is 71.1 Å². The molecule has 4 rings (SSSR count). The van der Waals surface area contributed by atoms with Gasteiger partial charge in [0.15, 0.2) is 0 Å². The minimum absolute atomic E-state index is 0.525. The summed E-state index contributed by atoms with van der Waals surface area (Å²) < 4.78 is 8.60. The van der Waals surface area contributed by atoms with Gasteiger partial charge in [-0.1, -0.05) is 40.2 Å². The van der Waals surface area contributed by atoms with Crippen LogP contribution in [0.5, 0.6) is 11.6 Å². The van der Waals surface area contributed by atoms with E-state index < -0.39 is 0 Å². The van der Waals surface area contributed by atoms with E-state index in [1.807, 2.05) is 49.4 Å². The third-order valence-corrected chi connectivity index (χ3v) is 4.13. The molecule has 0 atom stereocenters. The van der Waals surface area contributed by atoms with Crippen LogP contribution in [0.25, 0.3) is 16.9 Å². The van der Waals surface area contributed by atoms with Crippen LogP contribution in [0.1, 0.15) is 5.69 Å². The number of rotatable bonds is 3. The number of hydrogen-bond acceptors (Lipinski definition) is 4. The molecule has 0 amide bonds. The molecule has 24 heavy (non-hydrogen) atoms. The molecule has 6 heteroatoms. The molecule has 0 unspecified atom stereocenters. The second-order valence-electron chi connectivity index (χ2n) is 5.34. The molecule has 0 fully saturated rings. The molecule has 0 radical (unpaired) electrons. The van der Waals surface area contributed by atoms with Crippen LogP contribution >= 0.6 is 15.9 Å². The molecule has 0 aliphatic carbocycles. The van der Waals surface area contributed by atoms with E-state index in [1.54, 1.807) is 4.52 Å². The molecule has 0 saturated heterocycles. The predicted molar refractivity (Wildman–Crippen MR) is 95.2 cm³/mol. The summed E-state index contributed by atoms with van der Waals surface area (Å²) in [6, 6.07) is 18.0. The lowest BCUT2D eigenvalue weighted by molar-refractivity contribution is 0.445. The van der Waals surface area contributed by atoms with E-state index in [0.29, 0.717) is 11.7 Å². The van der Waals surface area contributed by atoms with E-state index in [4.69, 9.17) is 4.74 Å². The summed E-state index contributed by atoms with van der Waals surface area (Å²) in [4.78, 5) is 8.40. The third kappa shape index (κ3) is 2.88. The van der Waals surface area contributed by atoms with Gasteiger partial charge < -0.3 is 4.74 Å². The number of nitrogens with zero attached hydrogens (tertiary/aromatic N) is 4. The van der Waals surface area contributed by atoms with Crippen molar-refractivity contribution in [2.75, 3.05) is 0 Å². The lowest BCUT2D eigenvalue weighted by Crippen LogP contribution is -1.99. The highest BCUT2D eigenvalue weighted by molar-refractivity contribution is 9.10. The smallest absolute Gasteiger partial charge is 0.255 e. The van der Waals surface area contributed by atoms with Crippen LogP contribution in [0.3, 0.4) is 0 Å². The van der Waals surface area contributed by atoms with Crippen LogP contribution in [0, 0.1) is 6.92 Å². The van der Waals surface area contributed by atoms with E-state index >= 15 is 0 Å². The van der Waals surface area contributed by atoms with Gasteiger partial charge in [-0.15, -0.1) is 0 Å². The molecule has 0 bridgehead atoms. The van der Waals surface area contributed by atoms with Gasteiger partial charge in [-0.25, -0.2) is 4.98 Å². The first-order valence-electron chi connectivity index (χ1n) is 7.40. The van der Waals surface area contributed by atoms with E-state index in [-0.39, 0.29) is 0 Å². The first-order chi connectivity index (χ1) is 11.7. The van der Waals surface area contributed by atoms with E-state index in [9.17, 15) is 0 Å². The molecule has 0 aliphatic rings. The SMILES string of the molecule is Cc1cc(Oc2ccc(-c3ccc(Br)cc3)cc2)n2ncnc2n1. The molecular formula is C18H13BrN4O. The van der Waals surface area contributed by atoms with E-state index in [1.165, 1.54) is 6.33 Å². The Kier molecular flexibility index (Phi) is 3.74. The summed E-state index contributed by atoms with van der Waals surface area (Å²) >= 11 is 3.45. The van der Waals surface area contributed by atoms with Crippen molar-refractivity contribution < 1.29 is 4.74 Å². The van der Waals surface area contributed by atoms with Crippen molar-refractivity contribution in [2.45, 2.75) is 6.92 Å². The van der Waals surface area contributed by atoms with Gasteiger partial charge in [0.25, 0.3) is 5.78 Å². The number of halogens is 1. The average Bonchev–Trinajstić information content (AvgIpc) is 3.05. The summed E-state index contributed by atoms with van der Waals surface area (Å²) in [5, 5.41) is 4.14. The quantitative estimate of drug-likeness (QED) is 0.518. The zero-order chi connectivity index (χ0) is 16.5. The number of hydrogen-bond donors (Lipinski definition) is 0. The summed E-state index contributed by atoms with van der Waals surface area (Å²) in [5.41, 5.74) is 3.12. The first kappa shape index (κ1) is 14.8. The summed E-state index contributed by atoms with van der Waals surface area (Å²) in [7, 11) is 0. The minimum Gasteiger partial charge on any atom is -0.439 e. The predicted octanol–water partition coefficient (Wildman–Crippen LogP) is 4.65. The normalized spacial score (nSPS) is 10.9. The maximum atomic E-state index is 5.95. The highest BCUT2D eigenvalue weighted by Gasteiger charge is 2.08. The van der Waals surface area contributed by atoms with E-state index in [2.05, 4.69) is 43.1 Å². The van der Waals surface area contributed by atoms with Crippen LogP contribution in [0.4, 0.5) is 0 Å². The monoisotopic (exact) mass is 380 g/mol. The fourth-order valence-electron chi connectivity index (χ4n) is 2.45. The number of aryl methyl sites for hydroxylation is 1. The Morgan fingerprint density at radius 1 is 0.958 bits per heavy atom. The molecule has 2 heterocycles. The summed E-state index contributed by atoms with van der Waals surface area (Å²) in [6.45, 7) is 1.90. The Morgan fingerprint density at radius 3 is 2.33 bits per heavy atom. The molecule has 0 spiro atoms. The van der Waals surface area contributed by atoms with Gasteiger partial charge in [0, 0.05) is 16.2 Å². The van der Waals surface area contributed by atoms with Crippen molar-refractivity contribution in [3.8, 4) is 22.8 Å². The topological polar surface area (TPSA) is 52.3 Å². The van der Waals surface area contributed by atoms with Crippen molar-refractivity contribution in [2.24, 2.45) is 0 Å². The second-order valence-corrected chi connectivity index (χ2v) is 6.26.